The van der Waals surface area contributed by atoms with Crippen LogP contribution in [0, 0.1) is 11.3 Å². The second kappa shape index (κ2) is 7.88. The van der Waals surface area contributed by atoms with E-state index in [1.165, 1.54) is 6.42 Å². The largest absolute Gasteiger partial charge is 0.381 e. The maximum atomic E-state index is 5.60. The number of nitrogens with zero attached hydrogens (tertiary/aromatic N) is 5. The molecule has 2 fully saturated rings. The van der Waals surface area contributed by atoms with Crippen LogP contribution in [0.25, 0.3) is 0 Å². The molecule has 1 aromatic heterocycles. The van der Waals surface area contributed by atoms with E-state index < -0.39 is 0 Å². The molecule has 4 heterocycles. The van der Waals surface area contributed by atoms with Gasteiger partial charge in [0.05, 0.1) is 0 Å². The Kier molecular flexibility index (Phi) is 5.36. The van der Waals surface area contributed by atoms with Gasteiger partial charge in [-0.05, 0) is 50.1 Å². The van der Waals surface area contributed by atoms with Crippen LogP contribution >= 0.6 is 0 Å². The predicted octanol–water partition coefficient (Wildman–Crippen LogP) is 1.48. The molecule has 142 valence electrons. The quantitative estimate of drug-likeness (QED) is 0.818. The maximum Gasteiger partial charge on any atom is 0.230 e. The molecule has 1 aromatic rings. The van der Waals surface area contributed by atoms with E-state index in [0.29, 0.717) is 11.3 Å². The minimum absolute atomic E-state index is 0.291. The highest BCUT2D eigenvalue weighted by atomic mass is 16.5. The number of hydrogen-bond donors (Lipinski definition) is 1. The minimum atomic E-state index is 0.291. The van der Waals surface area contributed by atoms with Crippen LogP contribution in [0.2, 0.25) is 0 Å². The Labute approximate surface area is 155 Å². The molecule has 1 atom stereocenters. The molecular weight excluding hydrogens is 328 g/mol. The summed E-state index contributed by atoms with van der Waals surface area (Å²) in [5.41, 5.74) is 0.291. The molecule has 7 nitrogen and oxygen atoms in total. The Morgan fingerprint density at radius 1 is 1.31 bits per heavy atom. The third-order valence-electron chi connectivity index (χ3n) is 5.99. The van der Waals surface area contributed by atoms with Crippen LogP contribution in [0.15, 0.2) is 18.5 Å². The first-order valence-electron chi connectivity index (χ1n) is 9.83. The summed E-state index contributed by atoms with van der Waals surface area (Å²) < 4.78 is 5.60. The summed E-state index contributed by atoms with van der Waals surface area (Å²) in [4.78, 5) is 18.2. The van der Waals surface area contributed by atoms with Gasteiger partial charge >= 0.3 is 0 Å². The van der Waals surface area contributed by atoms with Gasteiger partial charge in [-0.25, -0.2) is 9.97 Å². The molecule has 1 N–H and O–H groups in total. The molecule has 3 aliphatic rings. The zero-order valence-corrected chi connectivity index (χ0v) is 15.7. The molecule has 2 saturated heterocycles. The summed E-state index contributed by atoms with van der Waals surface area (Å²) >= 11 is 0. The van der Waals surface area contributed by atoms with E-state index in [1.54, 1.807) is 6.33 Å². The van der Waals surface area contributed by atoms with Crippen LogP contribution in [0.1, 0.15) is 25.7 Å². The molecule has 0 bridgehead atoms. The molecule has 4 rings (SSSR count). The highest BCUT2D eigenvalue weighted by molar-refractivity contribution is 5.39. The van der Waals surface area contributed by atoms with E-state index in [-0.39, 0.29) is 0 Å². The summed E-state index contributed by atoms with van der Waals surface area (Å²) in [6.07, 6.45) is 10.8. The highest BCUT2D eigenvalue weighted by Crippen LogP contribution is 2.37. The van der Waals surface area contributed by atoms with Crippen LogP contribution in [-0.2, 0) is 4.74 Å². The van der Waals surface area contributed by atoms with E-state index in [0.717, 1.165) is 77.1 Å². The predicted molar refractivity (Wildman–Crippen MR) is 103 cm³/mol. The standard InChI is InChI=1S/C19H30N6O/c1-24(13-16-4-8-20-12-16)17-21-15-22-18(23-17)25-9-3-2-5-19(14-25)6-10-26-11-7-19/h2-3,15-16,20H,4-14H2,1H3. The van der Waals surface area contributed by atoms with Gasteiger partial charge in [-0.2, -0.15) is 4.98 Å². The van der Waals surface area contributed by atoms with Crippen molar-refractivity contribution in [2.24, 2.45) is 11.3 Å². The molecule has 26 heavy (non-hydrogen) atoms. The maximum absolute atomic E-state index is 5.60. The fraction of sp³-hybridized carbons (Fsp3) is 0.737. The molecule has 0 aliphatic carbocycles. The topological polar surface area (TPSA) is 66.4 Å². The fourth-order valence-corrected chi connectivity index (χ4v) is 4.34. The van der Waals surface area contributed by atoms with Crippen LogP contribution in [-0.4, -0.2) is 67.9 Å². The van der Waals surface area contributed by atoms with E-state index in [4.69, 9.17) is 9.72 Å². The van der Waals surface area contributed by atoms with E-state index >= 15 is 0 Å². The van der Waals surface area contributed by atoms with E-state index in [1.807, 2.05) is 0 Å². The van der Waals surface area contributed by atoms with Gasteiger partial charge in [-0.15, -0.1) is 0 Å². The van der Waals surface area contributed by atoms with Crippen LogP contribution < -0.4 is 15.1 Å². The smallest absolute Gasteiger partial charge is 0.230 e. The van der Waals surface area contributed by atoms with Crippen LogP contribution in [0.5, 0.6) is 0 Å². The lowest BCUT2D eigenvalue weighted by Gasteiger charge is -2.39. The van der Waals surface area contributed by atoms with Crippen molar-refractivity contribution in [3.8, 4) is 0 Å². The molecule has 1 spiro atoms. The average molecular weight is 358 g/mol. The van der Waals surface area contributed by atoms with Crippen LogP contribution in [0.3, 0.4) is 0 Å². The molecule has 0 aromatic carbocycles. The van der Waals surface area contributed by atoms with E-state index in [9.17, 15) is 0 Å². The second-order valence-electron chi connectivity index (χ2n) is 7.99. The Hall–Kier alpha value is -1.73. The number of allylic oxidation sites excluding steroid dienone is 1. The molecule has 7 heteroatoms. The van der Waals surface area contributed by atoms with Crippen molar-refractivity contribution in [1.82, 2.24) is 20.3 Å². The number of ether oxygens (including phenoxy) is 1. The first-order chi connectivity index (χ1) is 12.7. The lowest BCUT2D eigenvalue weighted by Crippen LogP contribution is -2.41. The lowest BCUT2D eigenvalue weighted by molar-refractivity contribution is 0.0202. The Morgan fingerprint density at radius 2 is 2.19 bits per heavy atom. The van der Waals surface area contributed by atoms with Crippen molar-refractivity contribution < 1.29 is 4.74 Å². The van der Waals surface area contributed by atoms with Gasteiger partial charge in [0, 0.05) is 39.9 Å². The van der Waals surface area contributed by atoms with Gasteiger partial charge in [0.1, 0.15) is 6.33 Å². The normalized spacial score (nSPS) is 25.4. The fourth-order valence-electron chi connectivity index (χ4n) is 4.34. The van der Waals surface area contributed by atoms with Crippen molar-refractivity contribution >= 4 is 11.9 Å². The number of anilines is 2. The summed E-state index contributed by atoms with van der Waals surface area (Å²) in [7, 11) is 2.08. The van der Waals surface area contributed by atoms with Gasteiger partial charge in [-0.1, -0.05) is 12.2 Å². The highest BCUT2D eigenvalue weighted by Gasteiger charge is 2.35. The number of nitrogens with one attached hydrogen (secondary N) is 1. The molecule has 0 amide bonds. The first-order valence-corrected chi connectivity index (χ1v) is 9.83. The molecule has 1 unspecified atom stereocenters. The summed E-state index contributed by atoms with van der Waals surface area (Å²) in [5, 5.41) is 3.43. The number of aromatic nitrogens is 3. The Morgan fingerprint density at radius 3 is 3.00 bits per heavy atom. The third-order valence-corrected chi connectivity index (χ3v) is 5.99. The molecule has 0 saturated carbocycles. The van der Waals surface area contributed by atoms with Gasteiger partial charge < -0.3 is 19.9 Å². The van der Waals surface area contributed by atoms with E-state index in [2.05, 4.69) is 44.3 Å². The average Bonchev–Trinajstić information content (AvgIpc) is 3.10. The van der Waals surface area contributed by atoms with Gasteiger partial charge in [-0.3, -0.25) is 0 Å². The second-order valence-corrected chi connectivity index (χ2v) is 7.99. The SMILES string of the molecule is CN(CC1CCNC1)c1ncnc(N2CC=CCC3(CCOCC3)C2)n1. The Balaban J connectivity index is 1.48. The van der Waals surface area contributed by atoms with Crippen molar-refractivity contribution in [1.29, 1.82) is 0 Å². The number of rotatable bonds is 4. The molecule has 3 aliphatic heterocycles. The summed E-state index contributed by atoms with van der Waals surface area (Å²) in [6, 6.07) is 0. The van der Waals surface area contributed by atoms with Crippen LogP contribution in [0.4, 0.5) is 11.9 Å². The van der Waals surface area contributed by atoms with Crippen molar-refractivity contribution in [3.63, 3.8) is 0 Å². The zero-order valence-electron chi connectivity index (χ0n) is 15.7. The third kappa shape index (κ3) is 3.99. The monoisotopic (exact) mass is 358 g/mol. The van der Waals surface area contributed by atoms with Crippen molar-refractivity contribution in [2.45, 2.75) is 25.7 Å². The van der Waals surface area contributed by atoms with Gasteiger partial charge in [0.2, 0.25) is 11.9 Å². The van der Waals surface area contributed by atoms with Crippen molar-refractivity contribution in [3.05, 3.63) is 18.5 Å². The minimum Gasteiger partial charge on any atom is -0.381 e. The van der Waals surface area contributed by atoms with Crippen molar-refractivity contribution in [2.75, 3.05) is 62.8 Å². The summed E-state index contributed by atoms with van der Waals surface area (Å²) in [5.74, 6) is 2.24. The summed E-state index contributed by atoms with van der Waals surface area (Å²) in [6.45, 7) is 6.77. The van der Waals surface area contributed by atoms with Gasteiger partial charge in [0.25, 0.3) is 0 Å². The first kappa shape index (κ1) is 17.7. The molecular formula is C19H30N6O. The zero-order chi connectivity index (χ0) is 17.8. The Bertz CT molecular complexity index is 624. The molecule has 0 radical (unpaired) electrons. The lowest BCUT2D eigenvalue weighted by atomic mass is 9.77. The number of hydrogen-bond acceptors (Lipinski definition) is 7. The van der Waals surface area contributed by atoms with Gasteiger partial charge in [0.15, 0.2) is 0 Å².